The molecular weight excluding hydrogens is 199 g/mol. The molecule has 0 bridgehead atoms. The van der Waals surface area contributed by atoms with Gasteiger partial charge in [-0.1, -0.05) is 6.07 Å². The van der Waals surface area contributed by atoms with Crippen LogP contribution < -0.4 is 4.74 Å². The lowest BCUT2D eigenvalue weighted by Crippen LogP contribution is -1.98. The normalized spacial score (nSPS) is 10.2. The zero-order chi connectivity index (χ0) is 10.4. The fourth-order valence-corrected chi connectivity index (χ4v) is 1.29. The number of unbranched alkanes of at least 4 members (excludes halogenated alkanes) is 1. The van der Waals surface area contributed by atoms with Gasteiger partial charge in [0.2, 0.25) is 0 Å². The Bertz CT molecular complexity index is 289. The van der Waals surface area contributed by atoms with Gasteiger partial charge in [0.1, 0.15) is 11.6 Å². The first-order valence-electron chi connectivity index (χ1n) is 4.74. The van der Waals surface area contributed by atoms with Crippen LogP contribution in [0.2, 0.25) is 0 Å². The molecule has 0 aromatic heterocycles. The zero-order valence-corrected chi connectivity index (χ0v) is 9.19. The Balaban J connectivity index is 2.39. The van der Waals surface area contributed by atoms with Crippen molar-refractivity contribution in [2.45, 2.75) is 19.8 Å². The van der Waals surface area contributed by atoms with Gasteiger partial charge in [-0.3, -0.25) is 0 Å². The second-order valence-electron chi connectivity index (χ2n) is 3.19. The van der Waals surface area contributed by atoms with Crippen molar-refractivity contribution >= 4 is 12.6 Å². The van der Waals surface area contributed by atoms with Crippen LogP contribution in [0.1, 0.15) is 18.4 Å². The Morgan fingerprint density at radius 2 is 2.14 bits per heavy atom. The molecule has 78 valence electrons. The molecule has 0 aliphatic rings. The zero-order valence-electron chi connectivity index (χ0n) is 8.29. The second-order valence-corrected chi connectivity index (χ2v) is 3.64. The molecule has 0 saturated heterocycles. The van der Waals surface area contributed by atoms with Crippen LogP contribution in [0, 0.1) is 12.7 Å². The summed E-state index contributed by atoms with van der Waals surface area (Å²) in [6, 6.07) is 4.94. The fraction of sp³-hybridized carbons (Fsp3) is 0.455. The highest BCUT2D eigenvalue weighted by atomic mass is 32.1. The van der Waals surface area contributed by atoms with Crippen molar-refractivity contribution in [1.29, 1.82) is 0 Å². The molecule has 1 rings (SSSR count). The van der Waals surface area contributed by atoms with Crippen molar-refractivity contribution in [1.82, 2.24) is 0 Å². The van der Waals surface area contributed by atoms with Gasteiger partial charge in [-0.25, -0.2) is 4.39 Å². The van der Waals surface area contributed by atoms with Gasteiger partial charge in [0, 0.05) is 6.07 Å². The van der Waals surface area contributed by atoms with E-state index in [2.05, 4.69) is 12.6 Å². The maximum atomic E-state index is 13.1. The van der Waals surface area contributed by atoms with Crippen LogP contribution in [0.15, 0.2) is 18.2 Å². The van der Waals surface area contributed by atoms with E-state index in [-0.39, 0.29) is 5.82 Å². The molecule has 14 heavy (non-hydrogen) atoms. The molecule has 0 aliphatic heterocycles. The molecule has 3 heteroatoms. The van der Waals surface area contributed by atoms with Crippen LogP contribution >= 0.6 is 12.6 Å². The Morgan fingerprint density at radius 3 is 2.79 bits per heavy atom. The van der Waals surface area contributed by atoms with Crippen molar-refractivity contribution in [3.63, 3.8) is 0 Å². The predicted octanol–water partition coefficient (Wildman–Crippen LogP) is 3.22. The van der Waals surface area contributed by atoms with Crippen molar-refractivity contribution in [2.75, 3.05) is 12.4 Å². The van der Waals surface area contributed by atoms with E-state index in [9.17, 15) is 4.39 Å². The number of hydrogen-bond donors (Lipinski definition) is 1. The smallest absolute Gasteiger partial charge is 0.129 e. The monoisotopic (exact) mass is 214 g/mol. The lowest BCUT2D eigenvalue weighted by Gasteiger charge is -2.06. The van der Waals surface area contributed by atoms with Crippen LogP contribution in [0.4, 0.5) is 4.39 Å². The van der Waals surface area contributed by atoms with E-state index in [0.29, 0.717) is 17.9 Å². The molecular formula is C11H15FOS. The molecule has 1 nitrogen and oxygen atoms in total. The van der Waals surface area contributed by atoms with Crippen LogP contribution in [0.5, 0.6) is 5.75 Å². The third-order valence-electron chi connectivity index (χ3n) is 1.96. The SMILES string of the molecule is Cc1ccc(OCCCCS)cc1F. The minimum atomic E-state index is -0.211. The molecule has 0 aliphatic carbocycles. The maximum absolute atomic E-state index is 13.1. The van der Waals surface area contributed by atoms with E-state index < -0.39 is 0 Å². The van der Waals surface area contributed by atoms with Gasteiger partial charge >= 0.3 is 0 Å². The van der Waals surface area contributed by atoms with Gasteiger partial charge in [0.25, 0.3) is 0 Å². The second kappa shape index (κ2) is 5.91. The van der Waals surface area contributed by atoms with Crippen molar-refractivity contribution < 1.29 is 9.13 Å². The largest absolute Gasteiger partial charge is 0.493 e. The van der Waals surface area contributed by atoms with Gasteiger partial charge in [0.15, 0.2) is 0 Å². The molecule has 0 spiro atoms. The summed E-state index contributed by atoms with van der Waals surface area (Å²) in [6.07, 6.45) is 1.98. The molecule has 0 heterocycles. The summed E-state index contributed by atoms with van der Waals surface area (Å²) in [4.78, 5) is 0. The Morgan fingerprint density at radius 1 is 1.36 bits per heavy atom. The van der Waals surface area contributed by atoms with Gasteiger partial charge in [-0.05, 0) is 37.1 Å². The van der Waals surface area contributed by atoms with Gasteiger partial charge in [-0.15, -0.1) is 0 Å². The summed E-state index contributed by atoms with van der Waals surface area (Å²) in [5, 5.41) is 0. The fourth-order valence-electron chi connectivity index (χ4n) is 1.07. The van der Waals surface area contributed by atoms with Gasteiger partial charge < -0.3 is 4.74 Å². The predicted molar refractivity (Wildman–Crippen MR) is 59.7 cm³/mol. The molecule has 0 amide bonds. The highest BCUT2D eigenvalue weighted by Gasteiger charge is 1.99. The summed E-state index contributed by atoms with van der Waals surface area (Å²) >= 11 is 4.10. The Kier molecular flexibility index (Phi) is 4.80. The average molecular weight is 214 g/mol. The summed E-state index contributed by atoms with van der Waals surface area (Å²) < 4.78 is 18.4. The van der Waals surface area contributed by atoms with Crippen molar-refractivity contribution in [2.24, 2.45) is 0 Å². The Labute approximate surface area is 89.7 Å². The highest BCUT2D eigenvalue weighted by Crippen LogP contribution is 2.15. The third kappa shape index (κ3) is 3.58. The molecule has 0 atom stereocenters. The Hall–Kier alpha value is -0.700. The van der Waals surface area contributed by atoms with E-state index in [0.717, 1.165) is 18.6 Å². The first-order valence-corrected chi connectivity index (χ1v) is 5.37. The van der Waals surface area contributed by atoms with E-state index in [1.54, 1.807) is 19.1 Å². The number of rotatable bonds is 5. The molecule has 0 saturated carbocycles. The van der Waals surface area contributed by atoms with E-state index in [1.165, 1.54) is 6.07 Å². The first-order chi connectivity index (χ1) is 6.74. The summed E-state index contributed by atoms with van der Waals surface area (Å²) in [5.74, 6) is 1.26. The molecule has 1 aromatic rings. The topological polar surface area (TPSA) is 9.23 Å². The summed E-state index contributed by atoms with van der Waals surface area (Å²) in [6.45, 7) is 2.36. The van der Waals surface area contributed by atoms with E-state index in [1.807, 2.05) is 0 Å². The lowest BCUT2D eigenvalue weighted by atomic mass is 10.2. The molecule has 0 unspecified atom stereocenters. The highest BCUT2D eigenvalue weighted by molar-refractivity contribution is 7.80. The number of hydrogen-bond acceptors (Lipinski definition) is 2. The third-order valence-corrected chi connectivity index (χ3v) is 2.28. The minimum Gasteiger partial charge on any atom is -0.493 e. The lowest BCUT2D eigenvalue weighted by molar-refractivity contribution is 0.308. The standard InChI is InChI=1S/C11H15FOS/c1-9-4-5-10(8-11(9)12)13-6-2-3-7-14/h4-5,8,14H,2-3,6-7H2,1H3. The summed E-state index contributed by atoms with van der Waals surface area (Å²) in [5.41, 5.74) is 0.646. The van der Waals surface area contributed by atoms with Crippen molar-refractivity contribution in [3.05, 3.63) is 29.6 Å². The van der Waals surface area contributed by atoms with Crippen LogP contribution in [-0.4, -0.2) is 12.4 Å². The molecule has 0 N–H and O–H groups in total. The van der Waals surface area contributed by atoms with E-state index in [4.69, 9.17) is 4.74 Å². The first kappa shape index (κ1) is 11.4. The minimum absolute atomic E-state index is 0.211. The maximum Gasteiger partial charge on any atom is 0.129 e. The van der Waals surface area contributed by atoms with Crippen LogP contribution in [-0.2, 0) is 0 Å². The van der Waals surface area contributed by atoms with Crippen molar-refractivity contribution in [3.8, 4) is 5.75 Å². The quantitative estimate of drug-likeness (QED) is 0.585. The van der Waals surface area contributed by atoms with Crippen LogP contribution in [0.3, 0.4) is 0 Å². The number of thiol groups is 1. The van der Waals surface area contributed by atoms with Gasteiger partial charge in [0.05, 0.1) is 6.61 Å². The van der Waals surface area contributed by atoms with E-state index >= 15 is 0 Å². The number of ether oxygens (including phenoxy) is 1. The number of halogens is 1. The average Bonchev–Trinajstić information content (AvgIpc) is 2.18. The number of aryl methyl sites for hydroxylation is 1. The number of benzene rings is 1. The van der Waals surface area contributed by atoms with Gasteiger partial charge in [-0.2, -0.15) is 12.6 Å². The van der Waals surface area contributed by atoms with Crippen LogP contribution in [0.25, 0.3) is 0 Å². The molecule has 0 radical (unpaired) electrons. The molecule has 1 aromatic carbocycles. The summed E-state index contributed by atoms with van der Waals surface area (Å²) in [7, 11) is 0. The molecule has 0 fully saturated rings.